The Hall–Kier alpha value is -1.08. The van der Waals surface area contributed by atoms with E-state index in [0.29, 0.717) is 18.7 Å². The zero-order chi connectivity index (χ0) is 15.2. The Balaban J connectivity index is 1.83. The number of nitrogens with one attached hydrogen (secondary N) is 1. The quantitative estimate of drug-likeness (QED) is 0.538. The molecule has 110 valence electrons. The van der Waals surface area contributed by atoms with Crippen LogP contribution in [0.5, 0.6) is 5.75 Å². The molecule has 3 nitrogen and oxygen atoms in total. The maximum Gasteiger partial charge on any atom is 0.252 e. The predicted octanol–water partition coefficient (Wildman–Crippen LogP) is 4.17. The van der Waals surface area contributed by atoms with Crippen LogP contribution in [0.25, 0.3) is 0 Å². The van der Waals surface area contributed by atoms with Gasteiger partial charge >= 0.3 is 0 Å². The smallest absolute Gasteiger partial charge is 0.252 e. The monoisotopic (exact) mass is 459 g/mol. The molecule has 0 unspecified atom stereocenters. The Morgan fingerprint density at radius 2 is 2.10 bits per heavy atom. The van der Waals surface area contributed by atoms with Crippen LogP contribution in [0.3, 0.4) is 0 Å². The summed E-state index contributed by atoms with van der Waals surface area (Å²) in [6, 6.07) is 13.5. The van der Waals surface area contributed by atoms with Gasteiger partial charge in [0.15, 0.2) is 0 Å². The van der Waals surface area contributed by atoms with Gasteiger partial charge in [-0.15, -0.1) is 0 Å². The molecule has 0 spiro atoms. The van der Waals surface area contributed by atoms with Crippen molar-refractivity contribution in [3.05, 3.63) is 61.6 Å². The SMILES string of the molecule is Cc1cccc(OCCNC(=O)c2cc(I)ccc2Br)c1. The zero-order valence-corrected chi connectivity index (χ0v) is 15.3. The van der Waals surface area contributed by atoms with Gasteiger partial charge in [0.05, 0.1) is 12.1 Å². The molecule has 2 aromatic carbocycles. The number of halogens is 2. The molecule has 0 fully saturated rings. The van der Waals surface area contributed by atoms with Crippen LogP contribution in [0.15, 0.2) is 46.9 Å². The van der Waals surface area contributed by atoms with Crippen LogP contribution in [-0.2, 0) is 0 Å². The van der Waals surface area contributed by atoms with Crippen molar-refractivity contribution in [1.29, 1.82) is 0 Å². The van der Waals surface area contributed by atoms with E-state index in [1.165, 1.54) is 0 Å². The first kappa shape index (κ1) is 16.3. The van der Waals surface area contributed by atoms with Gasteiger partial charge in [0.25, 0.3) is 5.91 Å². The molecule has 0 atom stereocenters. The second-order valence-corrected chi connectivity index (χ2v) is 6.65. The maximum absolute atomic E-state index is 12.1. The summed E-state index contributed by atoms with van der Waals surface area (Å²) in [5.74, 6) is 0.716. The van der Waals surface area contributed by atoms with Crippen LogP contribution in [0.1, 0.15) is 15.9 Å². The van der Waals surface area contributed by atoms with Crippen molar-refractivity contribution in [3.63, 3.8) is 0 Å². The molecule has 0 heterocycles. The molecule has 1 amide bonds. The van der Waals surface area contributed by atoms with E-state index in [-0.39, 0.29) is 5.91 Å². The largest absolute Gasteiger partial charge is 0.492 e. The molecule has 0 aliphatic rings. The first-order valence-corrected chi connectivity index (χ1v) is 8.36. The molecular formula is C16H15BrINO2. The minimum absolute atomic E-state index is 0.103. The molecule has 0 radical (unpaired) electrons. The fraction of sp³-hybridized carbons (Fsp3) is 0.188. The number of hydrogen-bond acceptors (Lipinski definition) is 2. The third-order valence-electron chi connectivity index (χ3n) is 2.82. The summed E-state index contributed by atoms with van der Waals surface area (Å²) in [6.45, 7) is 2.92. The molecule has 1 N–H and O–H groups in total. The number of carbonyl (C=O) groups excluding carboxylic acids is 1. The molecule has 0 saturated carbocycles. The molecule has 0 aliphatic carbocycles. The van der Waals surface area contributed by atoms with E-state index in [9.17, 15) is 4.79 Å². The molecule has 2 aromatic rings. The number of benzene rings is 2. The van der Waals surface area contributed by atoms with Crippen LogP contribution in [-0.4, -0.2) is 19.1 Å². The average Bonchev–Trinajstić information content (AvgIpc) is 2.46. The van der Waals surface area contributed by atoms with Crippen molar-refractivity contribution in [2.24, 2.45) is 0 Å². The summed E-state index contributed by atoms with van der Waals surface area (Å²) in [4.78, 5) is 12.1. The van der Waals surface area contributed by atoms with Gasteiger partial charge < -0.3 is 10.1 Å². The van der Waals surface area contributed by atoms with Crippen LogP contribution >= 0.6 is 38.5 Å². The minimum Gasteiger partial charge on any atom is -0.492 e. The highest BCUT2D eigenvalue weighted by molar-refractivity contribution is 14.1. The average molecular weight is 460 g/mol. The number of carbonyl (C=O) groups is 1. The van der Waals surface area contributed by atoms with Crippen molar-refractivity contribution in [1.82, 2.24) is 5.32 Å². The maximum atomic E-state index is 12.1. The third-order valence-corrected chi connectivity index (χ3v) is 4.18. The van der Waals surface area contributed by atoms with Gasteiger partial charge in [0, 0.05) is 8.04 Å². The predicted molar refractivity (Wildman–Crippen MR) is 95.9 cm³/mol. The van der Waals surface area contributed by atoms with Crippen molar-refractivity contribution in [2.45, 2.75) is 6.92 Å². The highest BCUT2D eigenvalue weighted by atomic mass is 127. The second-order valence-electron chi connectivity index (χ2n) is 4.55. The van der Waals surface area contributed by atoms with Gasteiger partial charge in [0.2, 0.25) is 0 Å². The van der Waals surface area contributed by atoms with E-state index in [2.05, 4.69) is 43.8 Å². The summed E-state index contributed by atoms with van der Waals surface area (Å²) in [6.07, 6.45) is 0. The van der Waals surface area contributed by atoms with E-state index in [1.54, 1.807) is 0 Å². The first-order valence-electron chi connectivity index (χ1n) is 6.49. The Kier molecular flexibility index (Phi) is 6.05. The highest BCUT2D eigenvalue weighted by Crippen LogP contribution is 2.19. The number of hydrogen-bond donors (Lipinski definition) is 1. The Labute approximate surface area is 146 Å². The molecule has 0 saturated heterocycles. The first-order chi connectivity index (χ1) is 10.1. The lowest BCUT2D eigenvalue weighted by Gasteiger charge is -2.09. The van der Waals surface area contributed by atoms with Crippen molar-refractivity contribution < 1.29 is 9.53 Å². The highest BCUT2D eigenvalue weighted by Gasteiger charge is 2.09. The molecule has 0 bridgehead atoms. The minimum atomic E-state index is -0.103. The Morgan fingerprint density at radius 1 is 1.29 bits per heavy atom. The second kappa shape index (κ2) is 7.79. The van der Waals surface area contributed by atoms with Crippen LogP contribution in [0, 0.1) is 10.5 Å². The van der Waals surface area contributed by atoms with E-state index >= 15 is 0 Å². The number of rotatable bonds is 5. The van der Waals surface area contributed by atoms with Gasteiger partial charge in [-0.2, -0.15) is 0 Å². The number of aryl methyl sites for hydroxylation is 1. The van der Waals surface area contributed by atoms with Gasteiger partial charge in [0.1, 0.15) is 12.4 Å². The molecule has 2 rings (SSSR count). The lowest BCUT2D eigenvalue weighted by atomic mass is 10.2. The Morgan fingerprint density at radius 3 is 2.86 bits per heavy atom. The summed E-state index contributed by atoms with van der Waals surface area (Å²) in [5.41, 5.74) is 1.79. The Bertz CT molecular complexity index is 646. The zero-order valence-electron chi connectivity index (χ0n) is 11.5. The van der Waals surface area contributed by atoms with Crippen molar-refractivity contribution in [3.8, 4) is 5.75 Å². The van der Waals surface area contributed by atoms with Crippen LogP contribution < -0.4 is 10.1 Å². The molecule has 5 heteroatoms. The van der Waals surface area contributed by atoms with E-state index in [1.807, 2.05) is 49.4 Å². The summed E-state index contributed by atoms with van der Waals surface area (Å²) >= 11 is 5.57. The van der Waals surface area contributed by atoms with Crippen LogP contribution in [0.2, 0.25) is 0 Å². The summed E-state index contributed by atoms with van der Waals surface area (Å²) < 4.78 is 7.42. The number of ether oxygens (including phenoxy) is 1. The molecule has 0 aliphatic heterocycles. The lowest BCUT2D eigenvalue weighted by molar-refractivity contribution is 0.0946. The fourth-order valence-electron chi connectivity index (χ4n) is 1.81. The van der Waals surface area contributed by atoms with Crippen molar-refractivity contribution in [2.75, 3.05) is 13.2 Å². The summed E-state index contributed by atoms with van der Waals surface area (Å²) in [7, 11) is 0. The van der Waals surface area contributed by atoms with Gasteiger partial charge in [-0.1, -0.05) is 12.1 Å². The van der Waals surface area contributed by atoms with E-state index < -0.39 is 0 Å². The normalized spacial score (nSPS) is 10.2. The fourth-order valence-corrected chi connectivity index (χ4v) is 2.72. The standard InChI is InChI=1S/C16H15BrINO2/c1-11-3-2-4-13(9-11)21-8-7-19-16(20)14-10-12(18)5-6-15(14)17/h2-6,9-10H,7-8H2,1H3,(H,19,20). The summed E-state index contributed by atoms with van der Waals surface area (Å²) in [5, 5.41) is 2.85. The van der Waals surface area contributed by atoms with E-state index in [4.69, 9.17) is 4.74 Å². The molecule has 0 aromatic heterocycles. The van der Waals surface area contributed by atoms with E-state index in [0.717, 1.165) is 19.4 Å². The third kappa shape index (κ3) is 5.00. The van der Waals surface area contributed by atoms with Gasteiger partial charge in [-0.25, -0.2) is 0 Å². The molecular weight excluding hydrogens is 445 g/mol. The topological polar surface area (TPSA) is 38.3 Å². The van der Waals surface area contributed by atoms with Gasteiger partial charge in [-0.3, -0.25) is 4.79 Å². The number of amides is 1. The van der Waals surface area contributed by atoms with Crippen molar-refractivity contribution >= 4 is 44.4 Å². The molecule has 21 heavy (non-hydrogen) atoms. The van der Waals surface area contributed by atoms with Crippen LogP contribution in [0.4, 0.5) is 0 Å². The lowest BCUT2D eigenvalue weighted by Crippen LogP contribution is -2.28. The van der Waals surface area contributed by atoms with Gasteiger partial charge in [-0.05, 0) is 81.3 Å².